The second kappa shape index (κ2) is 8.65. The zero-order chi connectivity index (χ0) is 17.5. The zero-order valence-corrected chi connectivity index (χ0v) is 14.2. The first-order chi connectivity index (χ1) is 11.5. The van der Waals surface area contributed by atoms with E-state index in [2.05, 4.69) is 15.3 Å². The number of hydrogen-bond acceptors (Lipinski definition) is 4. The molecule has 0 saturated carbocycles. The van der Waals surface area contributed by atoms with Crippen molar-refractivity contribution in [2.45, 2.75) is 32.7 Å². The minimum atomic E-state index is -0.459. The predicted molar refractivity (Wildman–Crippen MR) is 90.5 cm³/mol. The van der Waals surface area contributed by atoms with Crippen molar-refractivity contribution in [3.05, 3.63) is 29.0 Å². The highest BCUT2D eigenvalue weighted by atomic mass is 35.5. The summed E-state index contributed by atoms with van der Waals surface area (Å²) in [5, 5.41) is 13.2. The minimum absolute atomic E-state index is 0.0227. The average Bonchev–Trinajstić information content (AvgIpc) is 2.98. The number of carbonyl (C=O) groups is 2. The number of unbranched alkanes of at least 4 members (excludes halogenated alkanes) is 1. The first-order valence-electron chi connectivity index (χ1n) is 7.86. The molecule has 0 aliphatic heterocycles. The number of benzene rings is 1. The third-order valence-corrected chi connectivity index (χ3v) is 3.96. The van der Waals surface area contributed by atoms with Crippen LogP contribution in [0.4, 0.5) is 0 Å². The SMILES string of the molecule is CCCCC(CN(O)C=O)C(=O)NCc1nc2ccc(Cl)cc2[nH]1. The highest BCUT2D eigenvalue weighted by Crippen LogP contribution is 2.17. The maximum absolute atomic E-state index is 12.3. The van der Waals surface area contributed by atoms with Gasteiger partial charge in [-0.2, -0.15) is 0 Å². The Bertz CT molecular complexity index is 704. The number of rotatable bonds is 9. The van der Waals surface area contributed by atoms with Gasteiger partial charge in [0.15, 0.2) is 0 Å². The van der Waals surface area contributed by atoms with E-state index in [9.17, 15) is 14.8 Å². The fraction of sp³-hybridized carbons (Fsp3) is 0.438. The molecule has 1 unspecified atom stereocenters. The maximum atomic E-state index is 12.3. The summed E-state index contributed by atoms with van der Waals surface area (Å²) >= 11 is 5.93. The Labute approximate surface area is 145 Å². The largest absolute Gasteiger partial charge is 0.349 e. The van der Waals surface area contributed by atoms with Crippen LogP contribution in [-0.4, -0.2) is 39.1 Å². The van der Waals surface area contributed by atoms with Crippen molar-refractivity contribution < 1.29 is 14.8 Å². The van der Waals surface area contributed by atoms with Gasteiger partial charge in [0.2, 0.25) is 12.3 Å². The molecule has 0 aliphatic carbocycles. The van der Waals surface area contributed by atoms with Gasteiger partial charge in [0.05, 0.1) is 30.0 Å². The van der Waals surface area contributed by atoms with Crippen LogP contribution in [0.25, 0.3) is 11.0 Å². The van der Waals surface area contributed by atoms with Crippen molar-refractivity contribution in [2.24, 2.45) is 5.92 Å². The molecule has 24 heavy (non-hydrogen) atoms. The number of nitrogens with one attached hydrogen (secondary N) is 2. The van der Waals surface area contributed by atoms with Crippen LogP contribution in [0.5, 0.6) is 0 Å². The van der Waals surface area contributed by atoms with Crippen molar-refractivity contribution in [1.82, 2.24) is 20.3 Å². The van der Waals surface area contributed by atoms with Gasteiger partial charge in [-0.25, -0.2) is 10.0 Å². The highest BCUT2D eigenvalue weighted by Gasteiger charge is 2.20. The molecule has 1 aromatic carbocycles. The van der Waals surface area contributed by atoms with Crippen molar-refractivity contribution in [1.29, 1.82) is 0 Å². The van der Waals surface area contributed by atoms with E-state index in [4.69, 9.17) is 11.6 Å². The normalized spacial score (nSPS) is 12.1. The van der Waals surface area contributed by atoms with Gasteiger partial charge in [0, 0.05) is 5.02 Å². The summed E-state index contributed by atoms with van der Waals surface area (Å²) in [4.78, 5) is 30.4. The maximum Gasteiger partial charge on any atom is 0.233 e. The first kappa shape index (κ1) is 18.2. The first-order valence-corrected chi connectivity index (χ1v) is 8.24. The number of H-pyrrole nitrogens is 1. The smallest absolute Gasteiger partial charge is 0.233 e. The van der Waals surface area contributed by atoms with Crippen molar-refractivity contribution >= 4 is 35.0 Å². The molecule has 1 aromatic heterocycles. The molecule has 2 rings (SSSR count). The van der Waals surface area contributed by atoms with Gasteiger partial charge >= 0.3 is 0 Å². The summed E-state index contributed by atoms with van der Waals surface area (Å²) in [6, 6.07) is 5.33. The van der Waals surface area contributed by atoms with Gasteiger partial charge in [-0.3, -0.25) is 14.8 Å². The number of aromatic amines is 1. The van der Waals surface area contributed by atoms with Crippen LogP contribution in [0.3, 0.4) is 0 Å². The molecular formula is C16H21ClN4O3. The third kappa shape index (κ3) is 4.94. The molecule has 0 fully saturated rings. The summed E-state index contributed by atoms with van der Waals surface area (Å²) in [5.74, 6) is -0.0621. The van der Waals surface area contributed by atoms with E-state index in [1.807, 2.05) is 6.92 Å². The number of aromatic nitrogens is 2. The molecule has 2 aromatic rings. The molecule has 1 heterocycles. The Morgan fingerprint density at radius 1 is 1.54 bits per heavy atom. The number of imidazole rings is 1. The second-order valence-electron chi connectivity index (χ2n) is 5.63. The topological polar surface area (TPSA) is 98.3 Å². The van der Waals surface area contributed by atoms with E-state index in [-0.39, 0.29) is 19.0 Å². The fourth-order valence-electron chi connectivity index (χ4n) is 2.46. The molecule has 2 amide bonds. The van der Waals surface area contributed by atoms with Crippen molar-refractivity contribution in [3.8, 4) is 0 Å². The number of hydrogen-bond donors (Lipinski definition) is 3. The molecular weight excluding hydrogens is 332 g/mol. The molecule has 0 bridgehead atoms. The summed E-state index contributed by atoms with van der Waals surface area (Å²) in [6.45, 7) is 2.23. The predicted octanol–water partition coefficient (Wildman–Crippen LogP) is 2.49. The molecule has 0 aliphatic rings. The van der Waals surface area contributed by atoms with E-state index in [1.165, 1.54) is 0 Å². The quantitative estimate of drug-likeness (QED) is 0.367. The monoisotopic (exact) mass is 352 g/mol. The third-order valence-electron chi connectivity index (χ3n) is 3.73. The lowest BCUT2D eigenvalue weighted by Gasteiger charge is -2.19. The van der Waals surface area contributed by atoms with Gasteiger partial charge in [-0.1, -0.05) is 31.4 Å². The number of hydroxylamine groups is 2. The summed E-state index contributed by atoms with van der Waals surface area (Å²) in [5.41, 5.74) is 1.57. The van der Waals surface area contributed by atoms with E-state index >= 15 is 0 Å². The summed E-state index contributed by atoms with van der Waals surface area (Å²) in [7, 11) is 0. The van der Waals surface area contributed by atoms with Crippen LogP contribution in [0.2, 0.25) is 5.02 Å². The lowest BCUT2D eigenvalue weighted by molar-refractivity contribution is -0.154. The Morgan fingerprint density at radius 2 is 2.33 bits per heavy atom. The standard InChI is InChI=1S/C16H21ClN4O3/c1-2-3-4-11(9-21(24)10-22)16(23)18-8-15-19-13-6-5-12(17)7-14(13)20-15/h5-7,10-11,24H,2-4,8-9H2,1H3,(H,18,23)(H,19,20). The number of halogens is 1. The minimum Gasteiger partial charge on any atom is -0.349 e. The van der Waals surface area contributed by atoms with E-state index in [0.717, 1.165) is 23.9 Å². The molecule has 8 heteroatoms. The van der Waals surface area contributed by atoms with Gasteiger partial charge in [-0.15, -0.1) is 0 Å². The Hall–Kier alpha value is -2.12. The number of nitrogens with zero attached hydrogens (tertiary/aromatic N) is 2. The fourth-order valence-corrected chi connectivity index (χ4v) is 2.63. The number of carbonyl (C=O) groups excluding carboxylic acids is 2. The van der Waals surface area contributed by atoms with Gasteiger partial charge in [0.1, 0.15) is 5.82 Å². The van der Waals surface area contributed by atoms with Crippen molar-refractivity contribution in [3.63, 3.8) is 0 Å². The van der Waals surface area contributed by atoms with Crippen LogP contribution >= 0.6 is 11.6 Å². The summed E-state index contributed by atoms with van der Waals surface area (Å²) in [6.07, 6.45) is 2.67. The lowest BCUT2D eigenvalue weighted by Crippen LogP contribution is -2.37. The summed E-state index contributed by atoms with van der Waals surface area (Å²) < 4.78 is 0. The molecule has 0 saturated heterocycles. The van der Waals surface area contributed by atoms with Crippen LogP contribution in [0.1, 0.15) is 32.0 Å². The van der Waals surface area contributed by atoms with E-state index in [0.29, 0.717) is 28.7 Å². The van der Waals surface area contributed by atoms with Gasteiger partial charge in [-0.05, 0) is 24.6 Å². The van der Waals surface area contributed by atoms with Crippen molar-refractivity contribution in [2.75, 3.05) is 6.54 Å². The molecule has 0 spiro atoms. The molecule has 130 valence electrons. The van der Waals surface area contributed by atoms with Gasteiger partial charge < -0.3 is 10.3 Å². The number of amides is 2. The Balaban J connectivity index is 1.98. The molecule has 3 N–H and O–H groups in total. The Morgan fingerprint density at radius 3 is 3.04 bits per heavy atom. The molecule has 7 nitrogen and oxygen atoms in total. The Kier molecular flexibility index (Phi) is 6.57. The lowest BCUT2D eigenvalue weighted by atomic mass is 10.0. The highest BCUT2D eigenvalue weighted by molar-refractivity contribution is 6.31. The van der Waals surface area contributed by atoms with E-state index in [1.54, 1.807) is 18.2 Å². The van der Waals surface area contributed by atoms with Crippen LogP contribution in [0.15, 0.2) is 18.2 Å². The number of fused-ring (bicyclic) bond motifs is 1. The van der Waals surface area contributed by atoms with Gasteiger partial charge in [0.25, 0.3) is 0 Å². The van der Waals surface area contributed by atoms with E-state index < -0.39 is 5.92 Å². The molecule has 0 radical (unpaired) electrons. The second-order valence-corrected chi connectivity index (χ2v) is 6.07. The van der Waals surface area contributed by atoms with Crippen LogP contribution in [0, 0.1) is 5.92 Å². The zero-order valence-electron chi connectivity index (χ0n) is 13.5. The van der Waals surface area contributed by atoms with Crippen LogP contribution < -0.4 is 5.32 Å². The average molecular weight is 353 g/mol. The molecule has 1 atom stereocenters. The van der Waals surface area contributed by atoms with Crippen LogP contribution in [-0.2, 0) is 16.1 Å².